The Morgan fingerprint density at radius 1 is 1.44 bits per heavy atom. The van der Waals surface area contributed by atoms with Crippen LogP contribution in [0.25, 0.3) is 0 Å². The van der Waals surface area contributed by atoms with Crippen LogP contribution in [0.3, 0.4) is 0 Å². The Balaban J connectivity index is 2.35. The molecule has 0 saturated carbocycles. The van der Waals surface area contributed by atoms with Crippen LogP contribution in [0.1, 0.15) is 19.4 Å². The van der Waals surface area contributed by atoms with Gasteiger partial charge in [-0.15, -0.1) is 0 Å². The molecule has 0 aromatic carbocycles. The maximum absolute atomic E-state index is 11.7. The Bertz CT molecular complexity index is 428. The predicted octanol–water partition coefficient (Wildman–Crippen LogP) is 0.436. The van der Waals surface area contributed by atoms with Crippen LogP contribution in [-0.4, -0.2) is 33.3 Å². The molecule has 0 aliphatic carbocycles. The van der Waals surface area contributed by atoms with Crippen molar-refractivity contribution in [1.82, 2.24) is 15.1 Å². The van der Waals surface area contributed by atoms with E-state index in [1.165, 1.54) is 6.92 Å². The molecule has 1 amide bonds. The van der Waals surface area contributed by atoms with Crippen molar-refractivity contribution < 1.29 is 14.7 Å². The number of hydrogen-bond donors (Lipinski definition) is 2. The first-order chi connectivity index (χ1) is 8.41. The molecule has 6 heteroatoms. The Hall–Kier alpha value is -1.85. The fourth-order valence-corrected chi connectivity index (χ4v) is 1.53. The van der Waals surface area contributed by atoms with Gasteiger partial charge in [-0.2, -0.15) is 5.10 Å². The van der Waals surface area contributed by atoms with E-state index in [9.17, 15) is 9.59 Å². The molecule has 1 heterocycles. The number of aromatic nitrogens is 2. The van der Waals surface area contributed by atoms with E-state index in [-0.39, 0.29) is 5.91 Å². The van der Waals surface area contributed by atoms with Crippen LogP contribution in [0.2, 0.25) is 0 Å². The summed E-state index contributed by atoms with van der Waals surface area (Å²) in [4.78, 5) is 22.4. The van der Waals surface area contributed by atoms with E-state index >= 15 is 0 Å². The van der Waals surface area contributed by atoms with E-state index in [1.807, 2.05) is 13.2 Å². The number of nitrogens with zero attached hydrogens (tertiary/aromatic N) is 2. The molecular weight excluding hydrogens is 234 g/mol. The van der Waals surface area contributed by atoms with Crippen molar-refractivity contribution in [2.75, 3.05) is 6.54 Å². The first kappa shape index (κ1) is 14.2. The first-order valence-corrected chi connectivity index (χ1v) is 5.90. The standard InChI is InChI=1S/C12H19N3O3/c1-8(9(2)12(17)18)11(16)13-5-4-10-6-14-15(3)7-10/h6-9H,4-5H2,1-3H3,(H,13,16)(H,17,18). The van der Waals surface area contributed by atoms with E-state index in [4.69, 9.17) is 5.11 Å². The molecular formula is C12H19N3O3. The van der Waals surface area contributed by atoms with Gasteiger partial charge in [0, 0.05) is 25.7 Å². The van der Waals surface area contributed by atoms with E-state index in [1.54, 1.807) is 17.8 Å². The molecule has 0 radical (unpaired) electrons. The molecule has 0 bridgehead atoms. The van der Waals surface area contributed by atoms with Crippen LogP contribution in [0, 0.1) is 11.8 Å². The van der Waals surface area contributed by atoms with Gasteiger partial charge in [0.05, 0.1) is 12.1 Å². The molecule has 0 saturated heterocycles. The molecule has 0 fully saturated rings. The summed E-state index contributed by atoms with van der Waals surface area (Å²) in [5.41, 5.74) is 1.04. The lowest BCUT2D eigenvalue weighted by molar-refractivity contribution is -0.146. The highest BCUT2D eigenvalue weighted by Crippen LogP contribution is 2.10. The van der Waals surface area contributed by atoms with Crippen LogP contribution in [-0.2, 0) is 23.1 Å². The van der Waals surface area contributed by atoms with Gasteiger partial charge in [0.1, 0.15) is 0 Å². The fraction of sp³-hybridized carbons (Fsp3) is 0.583. The molecule has 1 aromatic rings. The van der Waals surface area contributed by atoms with Gasteiger partial charge in [-0.05, 0) is 12.0 Å². The molecule has 2 N–H and O–H groups in total. The fourth-order valence-electron chi connectivity index (χ4n) is 1.53. The summed E-state index contributed by atoms with van der Waals surface area (Å²) in [6, 6.07) is 0. The molecule has 0 aliphatic heterocycles. The Morgan fingerprint density at radius 2 is 2.11 bits per heavy atom. The van der Waals surface area contributed by atoms with Crippen LogP contribution in [0.5, 0.6) is 0 Å². The molecule has 0 aliphatic rings. The molecule has 0 spiro atoms. The van der Waals surface area contributed by atoms with Gasteiger partial charge in [0.2, 0.25) is 5.91 Å². The lowest BCUT2D eigenvalue weighted by Gasteiger charge is -2.15. The summed E-state index contributed by atoms with van der Waals surface area (Å²) in [6.45, 7) is 3.65. The number of aliphatic carboxylic acids is 1. The summed E-state index contributed by atoms with van der Waals surface area (Å²) < 4.78 is 1.70. The SMILES string of the molecule is CC(C(=O)O)C(C)C(=O)NCCc1cnn(C)c1. The van der Waals surface area contributed by atoms with Crippen molar-refractivity contribution in [2.24, 2.45) is 18.9 Å². The average molecular weight is 253 g/mol. The van der Waals surface area contributed by atoms with Crippen LogP contribution >= 0.6 is 0 Å². The summed E-state index contributed by atoms with van der Waals surface area (Å²) >= 11 is 0. The number of carboxylic acid groups (broad SMARTS) is 1. The number of nitrogens with one attached hydrogen (secondary N) is 1. The third kappa shape index (κ3) is 3.87. The zero-order chi connectivity index (χ0) is 13.7. The molecule has 2 unspecified atom stereocenters. The minimum absolute atomic E-state index is 0.228. The Labute approximate surface area is 106 Å². The lowest BCUT2D eigenvalue weighted by atomic mass is 9.95. The van der Waals surface area contributed by atoms with Gasteiger partial charge in [-0.3, -0.25) is 14.3 Å². The summed E-state index contributed by atoms with van der Waals surface area (Å²) in [6.07, 6.45) is 4.32. The molecule has 1 rings (SSSR count). The Kier molecular flexibility index (Phi) is 4.88. The molecule has 1 aromatic heterocycles. The second kappa shape index (κ2) is 6.18. The summed E-state index contributed by atoms with van der Waals surface area (Å²) in [7, 11) is 1.83. The monoisotopic (exact) mass is 253 g/mol. The van der Waals surface area contributed by atoms with Crippen molar-refractivity contribution >= 4 is 11.9 Å². The highest BCUT2D eigenvalue weighted by molar-refractivity contribution is 5.84. The Morgan fingerprint density at radius 3 is 2.61 bits per heavy atom. The number of carboxylic acids is 1. The van der Waals surface area contributed by atoms with E-state index < -0.39 is 17.8 Å². The molecule has 2 atom stereocenters. The molecule has 6 nitrogen and oxygen atoms in total. The highest BCUT2D eigenvalue weighted by Gasteiger charge is 2.25. The van der Waals surface area contributed by atoms with Crippen molar-refractivity contribution in [3.63, 3.8) is 0 Å². The first-order valence-electron chi connectivity index (χ1n) is 5.90. The van der Waals surface area contributed by atoms with E-state index in [0.29, 0.717) is 13.0 Å². The lowest BCUT2D eigenvalue weighted by Crippen LogP contribution is -2.36. The van der Waals surface area contributed by atoms with Crippen LogP contribution in [0.4, 0.5) is 0 Å². The van der Waals surface area contributed by atoms with Crippen molar-refractivity contribution in [3.05, 3.63) is 18.0 Å². The van der Waals surface area contributed by atoms with Gasteiger partial charge in [0.15, 0.2) is 0 Å². The zero-order valence-corrected chi connectivity index (χ0v) is 10.9. The van der Waals surface area contributed by atoms with Crippen molar-refractivity contribution in [1.29, 1.82) is 0 Å². The van der Waals surface area contributed by atoms with Crippen molar-refractivity contribution in [2.45, 2.75) is 20.3 Å². The van der Waals surface area contributed by atoms with Crippen LogP contribution < -0.4 is 5.32 Å². The summed E-state index contributed by atoms with van der Waals surface area (Å²) in [5, 5.41) is 15.6. The maximum atomic E-state index is 11.7. The number of carbonyl (C=O) groups excluding carboxylic acids is 1. The molecule has 100 valence electrons. The van der Waals surface area contributed by atoms with Gasteiger partial charge in [-0.25, -0.2) is 0 Å². The van der Waals surface area contributed by atoms with Crippen molar-refractivity contribution in [3.8, 4) is 0 Å². The zero-order valence-electron chi connectivity index (χ0n) is 10.9. The van der Waals surface area contributed by atoms with Gasteiger partial charge in [-0.1, -0.05) is 13.8 Å². The van der Waals surface area contributed by atoms with Gasteiger partial charge in [0.25, 0.3) is 0 Å². The number of aryl methyl sites for hydroxylation is 1. The van der Waals surface area contributed by atoms with E-state index in [2.05, 4.69) is 10.4 Å². The van der Waals surface area contributed by atoms with E-state index in [0.717, 1.165) is 5.56 Å². The third-order valence-electron chi connectivity index (χ3n) is 3.02. The maximum Gasteiger partial charge on any atom is 0.307 e. The van der Waals surface area contributed by atoms with Gasteiger partial charge >= 0.3 is 5.97 Å². The topological polar surface area (TPSA) is 84.2 Å². The minimum Gasteiger partial charge on any atom is -0.481 e. The second-order valence-electron chi connectivity index (χ2n) is 4.48. The quantitative estimate of drug-likeness (QED) is 0.770. The molecule has 18 heavy (non-hydrogen) atoms. The number of amides is 1. The highest BCUT2D eigenvalue weighted by atomic mass is 16.4. The second-order valence-corrected chi connectivity index (χ2v) is 4.48. The predicted molar refractivity (Wildman–Crippen MR) is 65.9 cm³/mol. The normalized spacial score (nSPS) is 13.9. The average Bonchev–Trinajstić information content (AvgIpc) is 2.72. The summed E-state index contributed by atoms with van der Waals surface area (Å²) in [5.74, 6) is -2.39. The van der Waals surface area contributed by atoms with Gasteiger partial charge < -0.3 is 10.4 Å². The number of hydrogen-bond acceptors (Lipinski definition) is 3. The number of rotatable bonds is 6. The number of carbonyl (C=O) groups is 2. The van der Waals surface area contributed by atoms with Crippen LogP contribution in [0.15, 0.2) is 12.4 Å². The minimum atomic E-state index is -0.954. The largest absolute Gasteiger partial charge is 0.481 e. The third-order valence-corrected chi connectivity index (χ3v) is 3.02. The smallest absolute Gasteiger partial charge is 0.307 e.